The minimum atomic E-state index is -1.59. The predicted octanol–water partition coefficient (Wildman–Crippen LogP) is -0.951. The van der Waals surface area contributed by atoms with E-state index in [2.05, 4.69) is 16.0 Å². The third-order valence-electron chi connectivity index (χ3n) is 4.72. The van der Waals surface area contributed by atoms with Crippen LogP contribution in [0.3, 0.4) is 0 Å². The number of aromatic hydroxyl groups is 1. The number of hydrogen-bond acceptors (Lipinski definition) is 8. The Balaban J connectivity index is 2.83. The number of thioether (sulfide) groups is 1. The maximum absolute atomic E-state index is 12.6. The first-order valence-corrected chi connectivity index (χ1v) is 11.7. The molecule has 13 heteroatoms. The van der Waals surface area contributed by atoms with E-state index in [4.69, 9.17) is 10.8 Å². The van der Waals surface area contributed by atoms with Crippen LogP contribution in [-0.4, -0.2) is 81.2 Å². The Morgan fingerprint density at radius 3 is 2.06 bits per heavy atom. The van der Waals surface area contributed by atoms with Gasteiger partial charge in [0.1, 0.15) is 23.9 Å². The van der Waals surface area contributed by atoms with Crippen molar-refractivity contribution in [3.8, 4) is 5.75 Å². The van der Waals surface area contributed by atoms with Gasteiger partial charge in [0, 0.05) is 6.42 Å². The quantitative estimate of drug-likeness (QED) is 0.167. The number of phenols is 1. The first kappa shape index (κ1) is 28.7. The zero-order valence-electron chi connectivity index (χ0n) is 18.8. The summed E-state index contributed by atoms with van der Waals surface area (Å²) < 4.78 is 0. The van der Waals surface area contributed by atoms with Crippen LogP contribution >= 0.6 is 11.8 Å². The molecule has 4 unspecified atom stereocenters. The van der Waals surface area contributed by atoms with Gasteiger partial charge >= 0.3 is 11.9 Å². The van der Waals surface area contributed by atoms with Crippen LogP contribution in [-0.2, 0) is 30.4 Å². The number of hydrogen-bond donors (Lipinski definition) is 7. The maximum atomic E-state index is 12.6. The van der Waals surface area contributed by atoms with Gasteiger partial charge in [0.05, 0.1) is 12.5 Å². The molecule has 0 fully saturated rings. The summed E-state index contributed by atoms with van der Waals surface area (Å²) in [6, 6.07) is 0.692. The van der Waals surface area contributed by atoms with E-state index in [9.17, 15) is 34.2 Å². The molecule has 3 amide bonds. The number of carbonyl (C=O) groups is 5. The molecule has 0 aliphatic carbocycles. The molecule has 1 aromatic carbocycles. The zero-order chi connectivity index (χ0) is 25.8. The monoisotopic (exact) mass is 498 g/mol. The van der Waals surface area contributed by atoms with Crippen LogP contribution in [0.2, 0.25) is 0 Å². The van der Waals surface area contributed by atoms with Crippen LogP contribution in [0, 0.1) is 0 Å². The van der Waals surface area contributed by atoms with E-state index in [1.165, 1.54) is 43.0 Å². The zero-order valence-corrected chi connectivity index (χ0v) is 19.6. The highest BCUT2D eigenvalue weighted by Gasteiger charge is 2.30. The number of carboxylic acid groups (broad SMARTS) is 2. The van der Waals surface area contributed by atoms with Gasteiger partial charge in [0.2, 0.25) is 17.7 Å². The summed E-state index contributed by atoms with van der Waals surface area (Å²) in [6.07, 6.45) is 1.30. The lowest BCUT2D eigenvalue weighted by atomic mass is 10.0. The van der Waals surface area contributed by atoms with E-state index in [0.717, 1.165) is 0 Å². The number of carbonyl (C=O) groups excluding carboxylic acids is 3. The fourth-order valence-electron chi connectivity index (χ4n) is 2.78. The predicted molar refractivity (Wildman–Crippen MR) is 124 cm³/mol. The van der Waals surface area contributed by atoms with Gasteiger partial charge < -0.3 is 37.0 Å². The average molecular weight is 499 g/mol. The molecule has 0 heterocycles. The molecule has 0 saturated carbocycles. The van der Waals surface area contributed by atoms with Crippen molar-refractivity contribution in [3.63, 3.8) is 0 Å². The Kier molecular flexibility index (Phi) is 11.9. The Hall–Kier alpha value is -3.32. The molecule has 34 heavy (non-hydrogen) atoms. The molecular weight excluding hydrogens is 468 g/mol. The molecule has 1 rings (SSSR count). The van der Waals surface area contributed by atoms with Crippen molar-refractivity contribution < 1.29 is 39.3 Å². The van der Waals surface area contributed by atoms with Crippen molar-refractivity contribution in [1.29, 1.82) is 0 Å². The second-order valence-corrected chi connectivity index (χ2v) is 8.53. The summed E-state index contributed by atoms with van der Waals surface area (Å²) in [5, 5.41) is 34.8. The standard InChI is InChI=1S/C21H30N4O8S/c1-11(23-19(30)14(22)7-8-34-2)18(29)24-15(10-17(27)28)20(31)25-16(21(32)33)9-12-3-5-13(26)6-4-12/h3-6,11,14-16,26H,7-10,22H2,1-2H3,(H,23,30)(H,24,29)(H,25,31)(H,27,28)(H,32,33). The molecule has 0 spiro atoms. The molecule has 0 aliphatic heterocycles. The fraction of sp³-hybridized carbons (Fsp3) is 0.476. The minimum absolute atomic E-state index is 0.0182. The van der Waals surface area contributed by atoms with Crippen LogP contribution in [0.5, 0.6) is 5.75 Å². The van der Waals surface area contributed by atoms with E-state index in [1.807, 2.05) is 6.26 Å². The summed E-state index contributed by atoms with van der Waals surface area (Å²) in [7, 11) is 0. The molecule has 0 bridgehead atoms. The van der Waals surface area contributed by atoms with Crippen LogP contribution in [0.25, 0.3) is 0 Å². The number of carboxylic acids is 2. The SMILES string of the molecule is CSCCC(N)C(=O)NC(C)C(=O)NC(CC(=O)O)C(=O)NC(Cc1ccc(O)cc1)C(=O)O. The van der Waals surface area contributed by atoms with Gasteiger partial charge in [-0.3, -0.25) is 19.2 Å². The first-order valence-electron chi connectivity index (χ1n) is 10.3. The molecular formula is C21H30N4O8S. The Labute approximate surface area is 200 Å². The lowest BCUT2D eigenvalue weighted by Gasteiger charge is -2.23. The normalized spacial score (nSPS) is 14.2. The molecule has 4 atom stereocenters. The van der Waals surface area contributed by atoms with E-state index in [1.54, 1.807) is 0 Å². The van der Waals surface area contributed by atoms with Crippen LogP contribution in [0.4, 0.5) is 0 Å². The van der Waals surface area contributed by atoms with Gasteiger partial charge in [-0.1, -0.05) is 12.1 Å². The van der Waals surface area contributed by atoms with Gasteiger partial charge in [0.25, 0.3) is 0 Å². The van der Waals surface area contributed by atoms with Crippen molar-refractivity contribution >= 4 is 41.4 Å². The molecule has 0 saturated heterocycles. The highest BCUT2D eigenvalue weighted by atomic mass is 32.2. The van der Waals surface area contributed by atoms with Gasteiger partial charge in [-0.2, -0.15) is 11.8 Å². The van der Waals surface area contributed by atoms with Gasteiger partial charge in [-0.25, -0.2) is 4.79 Å². The number of nitrogens with two attached hydrogens (primary N) is 1. The highest BCUT2D eigenvalue weighted by molar-refractivity contribution is 7.98. The molecule has 1 aromatic rings. The van der Waals surface area contributed by atoms with Gasteiger partial charge in [-0.05, 0) is 43.0 Å². The Bertz CT molecular complexity index is 880. The molecule has 0 radical (unpaired) electrons. The second kappa shape index (κ2) is 14.1. The van der Waals surface area contributed by atoms with Crippen molar-refractivity contribution in [2.24, 2.45) is 5.73 Å². The van der Waals surface area contributed by atoms with E-state index >= 15 is 0 Å². The third-order valence-corrected chi connectivity index (χ3v) is 5.37. The van der Waals surface area contributed by atoms with Crippen molar-refractivity contribution in [1.82, 2.24) is 16.0 Å². The summed E-state index contributed by atoms with van der Waals surface area (Å²) in [5.74, 6) is -4.57. The molecule has 8 N–H and O–H groups in total. The third kappa shape index (κ3) is 10.1. The Morgan fingerprint density at radius 1 is 0.941 bits per heavy atom. The van der Waals surface area contributed by atoms with Crippen LogP contribution in [0.1, 0.15) is 25.3 Å². The number of amides is 3. The number of phenolic OH excluding ortho intramolecular Hbond substituents is 1. The van der Waals surface area contributed by atoms with Crippen molar-refractivity contribution in [2.75, 3.05) is 12.0 Å². The summed E-state index contributed by atoms with van der Waals surface area (Å²) in [5.41, 5.74) is 6.25. The smallest absolute Gasteiger partial charge is 0.326 e. The van der Waals surface area contributed by atoms with Crippen molar-refractivity contribution in [2.45, 2.75) is 50.4 Å². The van der Waals surface area contributed by atoms with Gasteiger partial charge in [0.15, 0.2) is 0 Å². The minimum Gasteiger partial charge on any atom is -0.508 e. The summed E-state index contributed by atoms with van der Waals surface area (Å²) in [4.78, 5) is 60.0. The maximum Gasteiger partial charge on any atom is 0.326 e. The summed E-state index contributed by atoms with van der Waals surface area (Å²) >= 11 is 1.51. The topological polar surface area (TPSA) is 208 Å². The van der Waals surface area contributed by atoms with Crippen molar-refractivity contribution in [3.05, 3.63) is 29.8 Å². The van der Waals surface area contributed by atoms with E-state index < -0.39 is 60.2 Å². The van der Waals surface area contributed by atoms with E-state index in [-0.39, 0.29) is 12.2 Å². The highest BCUT2D eigenvalue weighted by Crippen LogP contribution is 2.12. The molecule has 12 nitrogen and oxygen atoms in total. The molecule has 188 valence electrons. The largest absolute Gasteiger partial charge is 0.508 e. The summed E-state index contributed by atoms with van der Waals surface area (Å²) in [6.45, 7) is 1.34. The van der Waals surface area contributed by atoms with Gasteiger partial charge in [-0.15, -0.1) is 0 Å². The van der Waals surface area contributed by atoms with Crippen LogP contribution in [0.15, 0.2) is 24.3 Å². The number of aliphatic carboxylic acids is 2. The fourth-order valence-corrected chi connectivity index (χ4v) is 3.27. The number of nitrogens with one attached hydrogen (secondary N) is 3. The molecule has 0 aliphatic rings. The lowest BCUT2D eigenvalue weighted by molar-refractivity contribution is -0.143. The van der Waals surface area contributed by atoms with Crippen LogP contribution < -0.4 is 21.7 Å². The van der Waals surface area contributed by atoms with E-state index in [0.29, 0.717) is 17.7 Å². The first-order chi connectivity index (χ1) is 15.9. The Morgan fingerprint density at radius 2 is 1.53 bits per heavy atom. The second-order valence-electron chi connectivity index (χ2n) is 7.55. The lowest BCUT2D eigenvalue weighted by Crippen LogP contribution is -2.57. The molecule has 0 aromatic heterocycles. The average Bonchev–Trinajstić information content (AvgIpc) is 2.77. The number of rotatable bonds is 14. The number of benzene rings is 1.